The zero-order valence-electron chi connectivity index (χ0n) is 56.8. The Hall–Kier alpha value is -10.3. The first-order valence-corrected chi connectivity index (χ1v) is 45.5. The van der Waals surface area contributed by atoms with E-state index < -0.39 is 0 Å². The largest absolute Gasteiger partial charge is 0.472 e. The van der Waals surface area contributed by atoms with Crippen LogP contribution in [-0.2, 0) is 0 Å². The molecule has 6 nitrogen and oxygen atoms in total. The third kappa shape index (κ3) is 13.7. The Morgan fingerprint density at radius 1 is 0.167 bits per heavy atom. The zero-order chi connectivity index (χ0) is 71.7. The van der Waals surface area contributed by atoms with E-state index in [2.05, 4.69) is 254 Å². The molecule has 0 atom stereocenters. The van der Waals surface area contributed by atoms with Gasteiger partial charge >= 0.3 is 0 Å². The van der Waals surface area contributed by atoms with Crippen LogP contribution in [0.4, 0.5) is 0 Å². The quantitative estimate of drug-likeness (QED) is 0.0800. The average molecular weight is 1610 g/mol. The summed E-state index contributed by atoms with van der Waals surface area (Å²) in [6.07, 6.45) is 22.8. The molecule has 0 fully saturated rings. The molecule has 0 aliphatic rings. The van der Waals surface area contributed by atoms with Crippen molar-refractivity contribution in [2.75, 3.05) is 0 Å². The summed E-state index contributed by atoms with van der Waals surface area (Å²) in [5.41, 5.74) is 44.4. The summed E-state index contributed by atoms with van der Waals surface area (Å²) in [4.78, 5) is 9.64. The number of hydrogen-bond acceptors (Lipinski definition) is 15. The number of benzene rings is 3. The van der Waals surface area contributed by atoms with Gasteiger partial charge in [0.05, 0.1) is 37.6 Å². The lowest BCUT2D eigenvalue weighted by Gasteiger charge is -2.13. The van der Waals surface area contributed by atoms with Gasteiger partial charge in [0.1, 0.15) is 0 Å². The van der Waals surface area contributed by atoms with Gasteiger partial charge in [-0.05, 0) is 305 Å². The number of aromatic amines is 3. The van der Waals surface area contributed by atoms with Crippen molar-refractivity contribution >= 4 is 136 Å². The van der Waals surface area contributed by atoms with Crippen LogP contribution < -0.4 is 0 Å². The van der Waals surface area contributed by atoms with Crippen LogP contribution in [0.5, 0.6) is 0 Å². The van der Waals surface area contributed by atoms with E-state index in [-0.39, 0.29) is 0 Å². The maximum Gasteiger partial charge on any atom is 0.0981 e. The molecule has 0 saturated carbocycles. The molecule has 0 bridgehead atoms. The van der Waals surface area contributed by atoms with Crippen LogP contribution in [-0.4, -0.2) is 15.0 Å². The molecule has 18 heterocycles. The molecule has 0 aliphatic carbocycles. The van der Waals surface area contributed by atoms with E-state index in [0.29, 0.717) is 0 Å². The van der Waals surface area contributed by atoms with Gasteiger partial charge in [0.15, 0.2) is 0 Å². The lowest BCUT2D eigenvalue weighted by molar-refractivity contribution is 0.568. The van der Waals surface area contributed by atoms with Gasteiger partial charge in [-0.3, -0.25) is 0 Å². The van der Waals surface area contributed by atoms with Gasteiger partial charge in [-0.1, -0.05) is 0 Å². The normalized spacial score (nSPS) is 11.3. The van der Waals surface area contributed by atoms with Gasteiger partial charge in [-0.2, -0.15) is 136 Å². The Labute approximate surface area is 670 Å². The number of hydrogen-bond donors (Lipinski definition) is 3. The van der Waals surface area contributed by atoms with Crippen LogP contribution in [0.2, 0.25) is 0 Å². The third-order valence-electron chi connectivity index (χ3n) is 19.3. The van der Waals surface area contributed by atoms with E-state index in [0.717, 1.165) is 16.7 Å². The van der Waals surface area contributed by atoms with Crippen LogP contribution in [0.3, 0.4) is 0 Å². The molecular weight excluding hydrogens is 1560 g/mol. The Balaban J connectivity index is 0.000000110. The maximum absolute atomic E-state index is 5.40. The number of aromatic nitrogens is 3. The van der Waals surface area contributed by atoms with Crippen molar-refractivity contribution in [2.24, 2.45) is 0 Å². The van der Waals surface area contributed by atoms with Crippen molar-refractivity contribution in [2.45, 2.75) is 0 Å². The highest BCUT2D eigenvalue weighted by atomic mass is 32.1. The number of rotatable bonds is 18. The minimum atomic E-state index is 1.09. The number of H-pyrrole nitrogens is 3. The highest BCUT2D eigenvalue weighted by Gasteiger charge is 2.23. The first kappa shape index (κ1) is 68.3. The Kier molecular flexibility index (Phi) is 19.5. The molecule has 18 heteroatoms. The number of furan rings is 3. The second kappa shape index (κ2) is 30.8. The Bertz CT molecular complexity index is 5150. The third-order valence-corrected chi connectivity index (χ3v) is 28.0. The SMILES string of the molecule is c1cc(-c2cscc2-c2cc(-c3cscc3-c3cc[nH]c3)cc(-c3cscc3-c3cc[nH]c3)c2)c[nH]1.c1cc(-c2cscc2-c2cc(-c3cscc3-c3ccoc3)cc(-c3cscc3-c3ccoc3)c2)co1.c1cc(-c2cscc2-c2cc(-c3cscc3-c3ccsc3)cc(-c3cscc3-c3ccsc3)c2)cs1. The average Bonchev–Trinajstić information content (AvgIpc) is 1.59. The van der Waals surface area contributed by atoms with Crippen molar-refractivity contribution in [3.8, 4) is 200 Å². The first-order valence-electron chi connectivity index (χ1n) is 34.1. The summed E-state index contributed by atoms with van der Waals surface area (Å²) in [5.74, 6) is 0. The minimum Gasteiger partial charge on any atom is -0.472 e. The van der Waals surface area contributed by atoms with Crippen LogP contribution >= 0.6 is 136 Å². The van der Waals surface area contributed by atoms with Gasteiger partial charge in [0.25, 0.3) is 0 Å². The predicted octanol–water partition coefficient (Wildman–Crippen LogP) is 32.6. The van der Waals surface area contributed by atoms with Crippen molar-refractivity contribution in [1.82, 2.24) is 15.0 Å². The molecular formula is C90H57N3O3S12. The van der Waals surface area contributed by atoms with E-state index in [1.165, 1.54) is 184 Å². The lowest BCUT2D eigenvalue weighted by atomic mass is 9.90. The topological polar surface area (TPSA) is 86.8 Å². The van der Waals surface area contributed by atoms with E-state index in [1.54, 1.807) is 155 Å². The maximum atomic E-state index is 5.40. The summed E-state index contributed by atoms with van der Waals surface area (Å²) >= 11 is 21.0. The van der Waals surface area contributed by atoms with Crippen LogP contribution in [0.15, 0.2) is 326 Å². The van der Waals surface area contributed by atoms with Gasteiger partial charge in [-0.15, -0.1) is 0 Å². The summed E-state index contributed by atoms with van der Waals surface area (Å²) < 4.78 is 16.2. The van der Waals surface area contributed by atoms with Crippen molar-refractivity contribution in [3.63, 3.8) is 0 Å². The fraction of sp³-hybridized carbons (Fsp3) is 0. The summed E-state index contributed by atoms with van der Waals surface area (Å²) in [6.45, 7) is 0. The van der Waals surface area contributed by atoms with Crippen molar-refractivity contribution in [1.29, 1.82) is 0 Å². The number of thiophene rings is 12. The summed E-state index contributed by atoms with van der Waals surface area (Å²) in [5, 5.41) is 53.8. The zero-order valence-corrected chi connectivity index (χ0v) is 66.6. The smallest absolute Gasteiger partial charge is 0.0981 e. The molecule has 3 aromatic carbocycles. The molecule has 21 rings (SSSR count). The van der Waals surface area contributed by atoms with E-state index in [1.807, 2.05) is 55.6 Å². The van der Waals surface area contributed by atoms with Crippen LogP contribution in [0, 0.1) is 0 Å². The highest BCUT2D eigenvalue weighted by molar-refractivity contribution is 7.12. The van der Waals surface area contributed by atoms with Crippen molar-refractivity contribution < 1.29 is 13.3 Å². The molecule has 18 aromatic heterocycles. The van der Waals surface area contributed by atoms with E-state index >= 15 is 0 Å². The molecule has 0 aliphatic heterocycles. The van der Waals surface area contributed by atoms with Gasteiger partial charge in [0, 0.05) is 171 Å². The van der Waals surface area contributed by atoms with Crippen molar-refractivity contribution in [3.05, 3.63) is 313 Å². The molecule has 0 spiro atoms. The standard InChI is InChI=1S/C30H21N3S3.C30H18O3S3.C30H18S6/c3*1-4-31-10-19(1)25-13-34-16-28(25)22-7-23(29-17-35-14-26(29)20-2-5-32-11-20)9-24(8-22)30-18-36-15-27(30)21-3-6-33-12-21/h1-18,31-33H;2*1-18H. The van der Waals surface area contributed by atoms with Crippen LogP contribution in [0.25, 0.3) is 200 Å². The first-order chi connectivity index (χ1) is 53.5. The molecule has 0 saturated heterocycles. The fourth-order valence-electron chi connectivity index (χ4n) is 14.0. The summed E-state index contributed by atoms with van der Waals surface area (Å²) in [6, 6.07) is 40.2. The van der Waals surface area contributed by atoms with E-state index in [4.69, 9.17) is 13.3 Å². The Morgan fingerprint density at radius 2 is 0.352 bits per heavy atom. The van der Waals surface area contributed by atoms with Gasteiger partial charge < -0.3 is 28.2 Å². The number of nitrogens with one attached hydrogen (secondary N) is 3. The van der Waals surface area contributed by atoms with Gasteiger partial charge in [-0.25, -0.2) is 0 Å². The molecule has 0 amide bonds. The van der Waals surface area contributed by atoms with Gasteiger partial charge in [0.2, 0.25) is 0 Å². The molecule has 522 valence electrons. The minimum absolute atomic E-state index is 1.09. The predicted molar refractivity (Wildman–Crippen MR) is 472 cm³/mol. The second-order valence-electron chi connectivity index (χ2n) is 25.6. The summed E-state index contributed by atoms with van der Waals surface area (Å²) in [7, 11) is 0. The molecule has 3 N–H and O–H groups in total. The Morgan fingerprint density at radius 3 is 0.509 bits per heavy atom. The monoisotopic (exact) mass is 1610 g/mol. The second-order valence-corrected chi connectivity index (χ2v) is 34.6. The van der Waals surface area contributed by atoms with Crippen LogP contribution in [0.1, 0.15) is 0 Å². The van der Waals surface area contributed by atoms with E-state index in [9.17, 15) is 0 Å². The molecule has 0 unspecified atom stereocenters. The molecule has 108 heavy (non-hydrogen) atoms. The molecule has 0 radical (unpaired) electrons. The fourth-order valence-corrected chi connectivity index (χ4v) is 23.7. The molecule has 21 aromatic rings. The lowest BCUT2D eigenvalue weighted by Crippen LogP contribution is -1.87. The highest BCUT2D eigenvalue weighted by Crippen LogP contribution is 2.50.